The minimum atomic E-state index is -0.369. The van der Waals surface area contributed by atoms with Gasteiger partial charge in [-0.1, -0.05) is 6.07 Å². The van der Waals surface area contributed by atoms with Crippen molar-refractivity contribution in [3.8, 4) is 11.5 Å². The summed E-state index contributed by atoms with van der Waals surface area (Å²) in [6.45, 7) is 0. The highest BCUT2D eigenvalue weighted by Gasteiger charge is 2.11. The smallest absolute Gasteiger partial charge is 0.284 e. The van der Waals surface area contributed by atoms with E-state index in [1.54, 1.807) is 12.1 Å². The van der Waals surface area contributed by atoms with Crippen LogP contribution in [0.15, 0.2) is 27.1 Å². The summed E-state index contributed by atoms with van der Waals surface area (Å²) in [5.41, 5.74) is 0.525. The van der Waals surface area contributed by atoms with Gasteiger partial charge in [-0.15, -0.1) is 5.10 Å². The summed E-state index contributed by atoms with van der Waals surface area (Å²) in [6.07, 6.45) is 0. The average Bonchev–Trinajstić information content (AvgIpc) is 2.57. The number of nitrogens with one attached hydrogen (secondary N) is 1. The minimum Gasteiger partial charge on any atom is -0.409 e. The van der Waals surface area contributed by atoms with Crippen LogP contribution in [0.4, 0.5) is 4.39 Å². The lowest BCUT2D eigenvalue weighted by Gasteiger charge is -1.98. The van der Waals surface area contributed by atoms with Crippen LogP contribution >= 0.6 is 28.1 Å². The van der Waals surface area contributed by atoms with Crippen LogP contribution in [0.1, 0.15) is 0 Å². The van der Waals surface area contributed by atoms with Gasteiger partial charge in [0.2, 0.25) is 5.89 Å². The zero-order chi connectivity index (χ0) is 10.1. The van der Waals surface area contributed by atoms with E-state index in [1.807, 2.05) is 0 Å². The second-order valence-corrected chi connectivity index (χ2v) is 3.68. The topological polar surface area (TPSA) is 41.8 Å². The first-order valence-electron chi connectivity index (χ1n) is 3.68. The molecule has 0 fully saturated rings. The molecule has 0 radical (unpaired) electrons. The van der Waals surface area contributed by atoms with E-state index in [9.17, 15) is 4.39 Å². The molecule has 2 aromatic rings. The van der Waals surface area contributed by atoms with Crippen LogP contribution in [0.3, 0.4) is 0 Å². The summed E-state index contributed by atoms with van der Waals surface area (Å²) in [5.74, 6) is -0.104. The monoisotopic (exact) mass is 274 g/mol. The number of nitrogens with zero attached hydrogens (tertiary/aromatic N) is 1. The van der Waals surface area contributed by atoms with Crippen molar-refractivity contribution in [2.24, 2.45) is 0 Å². The van der Waals surface area contributed by atoms with Gasteiger partial charge in [0.15, 0.2) is 0 Å². The zero-order valence-corrected chi connectivity index (χ0v) is 9.15. The number of benzene rings is 1. The zero-order valence-electron chi connectivity index (χ0n) is 6.75. The first kappa shape index (κ1) is 9.54. The lowest BCUT2D eigenvalue weighted by Crippen LogP contribution is -1.83. The molecule has 14 heavy (non-hydrogen) atoms. The molecule has 0 bridgehead atoms. The Morgan fingerprint density at radius 1 is 1.50 bits per heavy atom. The van der Waals surface area contributed by atoms with Gasteiger partial charge in [-0.05, 0) is 40.3 Å². The molecule has 0 amide bonds. The molecule has 2 rings (SSSR count). The molecule has 6 heteroatoms. The summed E-state index contributed by atoms with van der Waals surface area (Å²) in [7, 11) is 0. The molecule has 1 aromatic carbocycles. The molecule has 1 heterocycles. The average molecular weight is 275 g/mol. The van der Waals surface area contributed by atoms with Gasteiger partial charge >= 0.3 is 0 Å². The molecule has 0 saturated carbocycles. The Morgan fingerprint density at radius 3 is 2.93 bits per heavy atom. The first-order valence-corrected chi connectivity index (χ1v) is 4.88. The number of hydrogen-bond acceptors (Lipinski definition) is 3. The van der Waals surface area contributed by atoms with Gasteiger partial charge in [0.1, 0.15) is 5.82 Å². The van der Waals surface area contributed by atoms with Crippen molar-refractivity contribution in [3.05, 3.63) is 33.3 Å². The van der Waals surface area contributed by atoms with E-state index in [1.165, 1.54) is 6.07 Å². The van der Waals surface area contributed by atoms with E-state index < -0.39 is 0 Å². The fourth-order valence-electron chi connectivity index (χ4n) is 1.01. The van der Waals surface area contributed by atoms with Crippen molar-refractivity contribution >= 4 is 28.1 Å². The Balaban J connectivity index is 2.62. The van der Waals surface area contributed by atoms with Crippen molar-refractivity contribution < 1.29 is 8.81 Å². The highest BCUT2D eigenvalue weighted by atomic mass is 79.9. The molecule has 0 atom stereocenters. The first-order chi connectivity index (χ1) is 6.68. The molecule has 0 unspecified atom stereocenters. The number of rotatable bonds is 1. The largest absolute Gasteiger partial charge is 0.409 e. The van der Waals surface area contributed by atoms with E-state index in [0.29, 0.717) is 10.0 Å². The molecule has 0 spiro atoms. The summed E-state index contributed by atoms with van der Waals surface area (Å²) >= 11 is 7.82. The molecule has 0 saturated heterocycles. The van der Waals surface area contributed by atoms with E-state index in [4.69, 9.17) is 16.6 Å². The predicted octanol–water partition coefficient (Wildman–Crippen LogP) is 3.30. The maximum atomic E-state index is 13.1. The Kier molecular flexibility index (Phi) is 2.47. The number of aromatic nitrogens is 2. The van der Waals surface area contributed by atoms with Gasteiger partial charge in [-0.2, -0.15) is 0 Å². The Bertz CT molecular complexity index is 522. The van der Waals surface area contributed by atoms with Crippen molar-refractivity contribution in [1.29, 1.82) is 0 Å². The summed E-state index contributed by atoms with van der Waals surface area (Å²) in [4.78, 5) is 0.163. The third-order valence-electron chi connectivity index (χ3n) is 1.62. The SMILES string of the molecule is Fc1cccc(-c2n[nH]c(=S)o2)c1Br. The van der Waals surface area contributed by atoms with Crippen LogP contribution in [0.5, 0.6) is 0 Å². The Hall–Kier alpha value is -1.01. The molecule has 1 aromatic heterocycles. The van der Waals surface area contributed by atoms with Gasteiger partial charge in [0.05, 0.1) is 10.0 Å². The van der Waals surface area contributed by atoms with Crippen LogP contribution in [0.2, 0.25) is 0 Å². The fraction of sp³-hybridized carbons (Fsp3) is 0. The third kappa shape index (κ3) is 1.62. The molecule has 0 aliphatic carbocycles. The molecule has 1 N–H and O–H groups in total. The normalized spacial score (nSPS) is 10.4. The molecular formula is C8H4BrFN2OS. The summed E-state index contributed by atoms with van der Waals surface area (Å²) in [5, 5.41) is 6.26. The van der Waals surface area contributed by atoms with E-state index in [0.717, 1.165) is 0 Å². The summed E-state index contributed by atoms with van der Waals surface area (Å²) in [6, 6.07) is 4.60. The van der Waals surface area contributed by atoms with Gasteiger partial charge < -0.3 is 4.42 Å². The van der Waals surface area contributed by atoms with Crippen molar-refractivity contribution in [2.45, 2.75) is 0 Å². The van der Waals surface area contributed by atoms with E-state index in [-0.39, 0.29) is 16.5 Å². The fourth-order valence-corrected chi connectivity index (χ4v) is 1.57. The molecule has 0 aliphatic rings. The van der Waals surface area contributed by atoms with Crippen LogP contribution in [0, 0.1) is 10.7 Å². The second kappa shape index (κ2) is 3.62. The standard InChI is InChI=1S/C8H4BrFN2OS/c9-6-4(2-1-3-5(6)10)7-11-12-8(14)13-7/h1-3H,(H,12,14). The van der Waals surface area contributed by atoms with Crippen LogP contribution in [0.25, 0.3) is 11.5 Å². The van der Waals surface area contributed by atoms with Crippen molar-refractivity contribution in [3.63, 3.8) is 0 Å². The van der Waals surface area contributed by atoms with Crippen LogP contribution in [-0.2, 0) is 0 Å². The number of aromatic amines is 1. The molecule has 3 nitrogen and oxygen atoms in total. The van der Waals surface area contributed by atoms with Crippen molar-refractivity contribution in [2.75, 3.05) is 0 Å². The minimum absolute atomic E-state index is 0.163. The highest BCUT2D eigenvalue weighted by molar-refractivity contribution is 9.10. The van der Waals surface area contributed by atoms with Gasteiger partial charge in [-0.3, -0.25) is 0 Å². The Labute approximate surface area is 92.1 Å². The predicted molar refractivity (Wildman–Crippen MR) is 54.8 cm³/mol. The molecule has 0 aliphatic heterocycles. The van der Waals surface area contributed by atoms with Gasteiger partial charge in [0.25, 0.3) is 4.84 Å². The van der Waals surface area contributed by atoms with E-state index in [2.05, 4.69) is 26.1 Å². The quantitative estimate of drug-likeness (QED) is 0.812. The second-order valence-electron chi connectivity index (χ2n) is 2.52. The van der Waals surface area contributed by atoms with Gasteiger partial charge in [0, 0.05) is 0 Å². The maximum absolute atomic E-state index is 13.1. The van der Waals surface area contributed by atoms with Gasteiger partial charge in [-0.25, -0.2) is 9.49 Å². The lowest BCUT2D eigenvalue weighted by atomic mass is 10.2. The number of H-pyrrole nitrogens is 1. The highest BCUT2D eigenvalue weighted by Crippen LogP contribution is 2.28. The molecular weight excluding hydrogens is 271 g/mol. The Morgan fingerprint density at radius 2 is 2.29 bits per heavy atom. The van der Waals surface area contributed by atoms with Crippen LogP contribution in [-0.4, -0.2) is 10.2 Å². The third-order valence-corrected chi connectivity index (χ3v) is 2.60. The maximum Gasteiger partial charge on any atom is 0.284 e. The number of hydrogen-bond donors (Lipinski definition) is 1. The van der Waals surface area contributed by atoms with Crippen molar-refractivity contribution in [1.82, 2.24) is 10.2 Å². The lowest BCUT2D eigenvalue weighted by molar-refractivity contribution is 0.550. The van der Waals surface area contributed by atoms with E-state index >= 15 is 0 Å². The number of halogens is 2. The summed E-state index contributed by atoms with van der Waals surface area (Å²) < 4.78 is 18.5. The van der Waals surface area contributed by atoms with Crippen LogP contribution < -0.4 is 0 Å². The molecule has 72 valence electrons.